The Labute approximate surface area is 150 Å². The summed E-state index contributed by atoms with van der Waals surface area (Å²) in [5, 5.41) is 13.3. The lowest BCUT2D eigenvalue weighted by atomic mass is 9.98. The van der Waals surface area contributed by atoms with Gasteiger partial charge >= 0.3 is 0 Å². The van der Waals surface area contributed by atoms with Crippen LogP contribution in [0.3, 0.4) is 0 Å². The number of likely N-dealkylation sites (tertiary alicyclic amines) is 1. The van der Waals surface area contributed by atoms with Gasteiger partial charge in [-0.15, -0.1) is 0 Å². The number of pyridine rings is 1. The van der Waals surface area contributed by atoms with E-state index in [2.05, 4.69) is 16.4 Å². The zero-order valence-electron chi connectivity index (χ0n) is 14.5. The van der Waals surface area contributed by atoms with Gasteiger partial charge < -0.3 is 9.88 Å². The average molecular weight is 355 g/mol. The number of hydrogen-bond acceptors (Lipinski definition) is 4. The molecule has 2 aromatic rings. The molecule has 1 fully saturated rings. The molecule has 6 heteroatoms. The van der Waals surface area contributed by atoms with E-state index >= 15 is 0 Å². The third kappa shape index (κ3) is 3.38. The van der Waals surface area contributed by atoms with E-state index in [1.165, 1.54) is 5.56 Å². The van der Waals surface area contributed by atoms with Gasteiger partial charge in [0.15, 0.2) is 0 Å². The van der Waals surface area contributed by atoms with Gasteiger partial charge in [0.25, 0.3) is 5.56 Å². The van der Waals surface area contributed by atoms with Crippen molar-refractivity contribution in [2.45, 2.75) is 45.6 Å². The van der Waals surface area contributed by atoms with Crippen molar-refractivity contribution >= 4 is 17.2 Å². The van der Waals surface area contributed by atoms with Gasteiger partial charge in [-0.05, 0) is 66.6 Å². The molecule has 5 nitrogen and oxygen atoms in total. The molecule has 1 saturated heterocycles. The number of aromatic amines is 1. The Hall–Kier alpha value is -2.39. The minimum absolute atomic E-state index is 0.136. The molecule has 1 aliphatic heterocycles. The van der Waals surface area contributed by atoms with Crippen LogP contribution in [0.2, 0.25) is 0 Å². The number of amides is 1. The third-order valence-electron chi connectivity index (χ3n) is 5.01. The van der Waals surface area contributed by atoms with Crippen LogP contribution in [0, 0.1) is 25.2 Å². The number of nitriles is 1. The van der Waals surface area contributed by atoms with Crippen molar-refractivity contribution in [3.05, 3.63) is 55.1 Å². The van der Waals surface area contributed by atoms with Crippen LogP contribution in [-0.2, 0) is 11.2 Å². The Morgan fingerprint density at radius 1 is 1.48 bits per heavy atom. The quantitative estimate of drug-likeness (QED) is 0.915. The van der Waals surface area contributed by atoms with Gasteiger partial charge in [0.1, 0.15) is 11.6 Å². The average Bonchev–Trinajstić information content (AvgIpc) is 3.25. The first-order valence-corrected chi connectivity index (χ1v) is 9.41. The van der Waals surface area contributed by atoms with Crippen LogP contribution in [0.4, 0.5) is 0 Å². The Kier molecular flexibility index (Phi) is 5.05. The molecule has 130 valence electrons. The fraction of sp³-hybridized carbons (Fsp3) is 0.421. The van der Waals surface area contributed by atoms with Crippen LogP contribution in [0.15, 0.2) is 21.6 Å². The molecule has 0 saturated carbocycles. The molecule has 25 heavy (non-hydrogen) atoms. The molecular formula is C19H21N3O2S. The maximum Gasteiger partial charge on any atom is 0.266 e. The van der Waals surface area contributed by atoms with Gasteiger partial charge in [0.05, 0.1) is 6.04 Å². The molecule has 1 aliphatic rings. The van der Waals surface area contributed by atoms with E-state index in [1.807, 2.05) is 23.3 Å². The van der Waals surface area contributed by atoms with Gasteiger partial charge in [0, 0.05) is 18.7 Å². The molecule has 1 amide bonds. The van der Waals surface area contributed by atoms with Crippen LogP contribution in [0.1, 0.15) is 53.3 Å². The lowest BCUT2D eigenvalue weighted by molar-refractivity contribution is -0.132. The lowest BCUT2D eigenvalue weighted by Gasteiger charge is -2.24. The number of thiophene rings is 1. The van der Waals surface area contributed by atoms with Crippen LogP contribution < -0.4 is 5.56 Å². The maximum absolute atomic E-state index is 12.8. The summed E-state index contributed by atoms with van der Waals surface area (Å²) in [5.41, 5.74) is 3.34. The van der Waals surface area contributed by atoms with Crippen LogP contribution in [0.25, 0.3) is 0 Å². The van der Waals surface area contributed by atoms with Crippen LogP contribution in [-0.4, -0.2) is 22.3 Å². The maximum atomic E-state index is 12.8. The molecule has 3 heterocycles. The number of rotatable bonds is 4. The second kappa shape index (κ2) is 7.24. The molecule has 1 atom stereocenters. The minimum atomic E-state index is -0.357. The number of carbonyl (C=O) groups excluding carboxylic acids is 1. The molecule has 0 unspecified atom stereocenters. The summed E-state index contributed by atoms with van der Waals surface area (Å²) in [6.45, 7) is 4.40. The monoisotopic (exact) mass is 355 g/mol. The minimum Gasteiger partial charge on any atom is -0.336 e. The highest BCUT2D eigenvalue weighted by Gasteiger charge is 2.30. The number of nitrogens with zero attached hydrogens (tertiary/aromatic N) is 2. The smallest absolute Gasteiger partial charge is 0.266 e. The van der Waals surface area contributed by atoms with E-state index in [-0.39, 0.29) is 23.1 Å². The van der Waals surface area contributed by atoms with E-state index < -0.39 is 0 Å². The van der Waals surface area contributed by atoms with Crippen molar-refractivity contribution in [2.24, 2.45) is 0 Å². The number of nitrogens with one attached hydrogen (secondary N) is 1. The molecule has 0 aliphatic carbocycles. The predicted molar refractivity (Wildman–Crippen MR) is 97.6 cm³/mol. The summed E-state index contributed by atoms with van der Waals surface area (Å²) in [7, 11) is 0. The number of hydrogen-bond donors (Lipinski definition) is 1. The summed E-state index contributed by atoms with van der Waals surface area (Å²) in [4.78, 5) is 29.3. The first-order chi connectivity index (χ1) is 12.0. The topological polar surface area (TPSA) is 77.0 Å². The van der Waals surface area contributed by atoms with Crippen molar-refractivity contribution in [3.8, 4) is 6.07 Å². The van der Waals surface area contributed by atoms with E-state index in [1.54, 1.807) is 18.3 Å². The second-order valence-electron chi connectivity index (χ2n) is 6.47. The van der Waals surface area contributed by atoms with Crippen molar-refractivity contribution in [1.29, 1.82) is 5.26 Å². The summed E-state index contributed by atoms with van der Waals surface area (Å²) < 4.78 is 0. The highest BCUT2D eigenvalue weighted by Crippen LogP contribution is 2.33. The fourth-order valence-corrected chi connectivity index (χ4v) is 4.38. The van der Waals surface area contributed by atoms with Gasteiger partial charge in [0.2, 0.25) is 5.91 Å². The summed E-state index contributed by atoms with van der Waals surface area (Å²) in [6, 6.07) is 4.24. The summed E-state index contributed by atoms with van der Waals surface area (Å²) in [5.74, 6) is 0.136. The third-order valence-corrected chi connectivity index (χ3v) is 5.71. The van der Waals surface area contributed by atoms with Gasteiger partial charge in [-0.3, -0.25) is 9.59 Å². The molecule has 1 N–H and O–H groups in total. The SMILES string of the molecule is Cc1[nH]c(=O)c(C#N)c(C)c1CCC(=O)N1CCC[C@H]1c1ccsc1. The number of carbonyl (C=O) groups is 1. The Morgan fingerprint density at radius 2 is 2.28 bits per heavy atom. The van der Waals surface area contributed by atoms with E-state index in [0.717, 1.165) is 30.6 Å². The van der Waals surface area contributed by atoms with Crippen molar-refractivity contribution in [2.75, 3.05) is 6.54 Å². The summed E-state index contributed by atoms with van der Waals surface area (Å²) >= 11 is 1.66. The number of aromatic nitrogens is 1. The van der Waals surface area contributed by atoms with Gasteiger partial charge in [-0.1, -0.05) is 0 Å². The highest BCUT2D eigenvalue weighted by atomic mass is 32.1. The van der Waals surface area contributed by atoms with Crippen molar-refractivity contribution < 1.29 is 4.79 Å². The van der Waals surface area contributed by atoms with Gasteiger partial charge in [-0.25, -0.2) is 0 Å². The molecule has 0 spiro atoms. The van der Waals surface area contributed by atoms with Gasteiger partial charge in [-0.2, -0.15) is 16.6 Å². The van der Waals surface area contributed by atoms with E-state index in [0.29, 0.717) is 18.4 Å². The van der Waals surface area contributed by atoms with Crippen LogP contribution >= 0.6 is 11.3 Å². The second-order valence-corrected chi connectivity index (χ2v) is 7.25. The van der Waals surface area contributed by atoms with Crippen LogP contribution in [0.5, 0.6) is 0 Å². The Morgan fingerprint density at radius 3 is 2.96 bits per heavy atom. The first kappa shape index (κ1) is 17.4. The fourth-order valence-electron chi connectivity index (χ4n) is 3.67. The van der Waals surface area contributed by atoms with E-state index in [4.69, 9.17) is 5.26 Å². The molecule has 2 aromatic heterocycles. The molecule has 0 bridgehead atoms. The molecule has 0 radical (unpaired) electrons. The number of aryl methyl sites for hydroxylation is 1. The standard InChI is InChI=1S/C19H21N3O2S/c1-12-15(13(2)21-19(24)16(12)10-20)5-6-18(23)22-8-3-4-17(22)14-7-9-25-11-14/h7,9,11,17H,3-6,8H2,1-2H3,(H,21,24)/t17-/m0/s1. The van der Waals surface area contributed by atoms with Crippen molar-refractivity contribution in [1.82, 2.24) is 9.88 Å². The molecular weight excluding hydrogens is 334 g/mol. The normalized spacial score (nSPS) is 16.8. The largest absolute Gasteiger partial charge is 0.336 e. The highest BCUT2D eigenvalue weighted by molar-refractivity contribution is 7.07. The molecule has 3 rings (SSSR count). The predicted octanol–water partition coefficient (Wildman–Crippen LogP) is 3.22. The molecule has 0 aromatic carbocycles. The summed E-state index contributed by atoms with van der Waals surface area (Å²) in [6.07, 6.45) is 2.97. The van der Waals surface area contributed by atoms with Crippen molar-refractivity contribution in [3.63, 3.8) is 0 Å². The van der Waals surface area contributed by atoms with E-state index in [9.17, 15) is 9.59 Å². The Balaban J connectivity index is 1.75. The lowest BCUT2D eigenvalue weighted by Crippen LogP contribution is -2.30. The number of H-pyrrole nitrogens is 1. The Bertz CT molecular complexity index is 877. The first-order valence-electron chi connectivity index (χ1n) is 8.47. The zero-order valence-corrected chi connectivity index (χ0v) is 15.3. The zero-order chi connectivity index (χ0) is 18.0.